The molecule has 2 saturated heterocycles. The van der Waals surface area contributed by atoms with Gasteiger partial charge in [0.15, 0.2) is 0 Å². The van der Waals surface area contributed by atoms with Crippen LogP contribution in [0.1, 0.15) is 30.7 Å². The summed E-state index contributed by atoms with van der Waals surface area (Å²) < 4.78 is 29.1. The summed E-state index contributed by atoms with van der Waals surface area (Å²) in [7, 11) is -2.94. The Morgan fingerprint density at radius 2 is 1.64 bits per heavy atom. The highest BCUT2D eigenvalue weighted by atomic mass is 32.2. The second kappa shape index (κ2) is 7.95. The molecule has 1 amide bonds. The summed E-state index contributed by atoms with van der Waals surface area (Å²) in [6.45, 7) is 1.42. The number of ether oxygens (including phenoxy) is 1. The molecule has 0 radical (unpaired) electrons. The predicted octanol–water partition coefficient (Wildman–Crippen LogP) is 3.62. The summed E-state index contributed by atoms with van der Waals surface area (Å²) in [4.78, 5) is 14.7. The highest BCUT2D eigenvalue weighted by Gasteiger charge is 2.34. The zero-order valence-corrected chi connectivity index (χ0v) is 16.6. The molecule has 2 aliphatic heterocycles. The fraction of sp³-hybridized carbons (Fsp3) is 0.409. The number of sulfone groups is 1. The molecule has 0 bridgehead atoms. The highest BCUT2D eigenvalue weighted by Crippen LogP contribution is 2.32. The van der Waals surface area contributed by atoms with Gasteiger partial charge in [-0.15, -0.1) is 0 Å². The lowest BCUT2D eigenvalue weighted by molar-refractivity contribution is -0.134. The molecule has 0 saturated carbocycles. The second-order valence-electron chi connectivity index (χ2n) is 7.68. The van der Waals surface area contributed by atoms with Crippen LogP contribution in [0, 0.1) is 5.92 Å². The molecule has 6 heteroatoms. The maximum absolute atomic E-state index is 12.8. The number of rotatable bonds is 4. The monoisotopic (exact) mass is 399 g/mol. The SMILES string of the molecule is O=C(C1CCS(=O)(=O)CC1)N1CCC(c2cccc(Oc3ccccc3)c2)C1. The molecule has 0 aliphatic carbocycles. The van der Waals surface area contributed by atoms with Crippen molar-refractivity contribution in [3.63, 3.8) is 0 Å². The lowest BCUT2D eigenvalue weighted by atomic mass is 9.98. The molecule has 2 aromatic rings. The van der Waals surface area contributed by atoms with Gasteiger partial charge in [0, 0.05) is 24.9 Å². The molecule has 2 fully saturated rings. The Hall–Kier alpha value is -2.34. The van der Waals surface area contributed by atoms with Crippen molar-refractivity contribution in [2.75, 3.05) is 24.6 Å². The van der Waals surface area contributed by atoms with E-state index < -0.39 is 9.84 Å². The van der Waals surface area contributed by atoms with Crippen LogP contribution in [-0.4, -0.2) is 43.8 Å². The lowest BCUT2D eigenvalue weighted by Gasteiger charge is -2.26. The summed E-state index contributed by atoms with van der Waals surface area (Å²) >= 11 is 0. The predicted molar refractivity (Wildman–Crippen MR) is 108 cm³/mol. The van der Waals surface area contributed by atoms with Gasteiger partial charge in [0.1, 0.15) is 21.3 Å². The third-order valence-corrected chi connectivity index (χ3v) is 7.43. The first kappa shape index (κ1) is 19.0. The maximum atomic E-state index is 12.8. The van der Waals surface area contributed by atoms with Gasteiger partial charge in [-0.25, -0.2) is 8.42 Å². The summed E-state index contributed by atoms with van der Waals surface area (Å²) in [5.74, 6) is 2.14. The average Bonchev–Trinajstić information content (AvgIpc) is 3.19. The summed E-state index contributed by atoms with van der Waals surface area (Å²) in [6, 6.07) is 17.8. The van der Waals surface area contributed by atoms with Crippen molar-refractivity contribution in [2.24, 2.45) is 5.92 Å². The minimum Gasteiger partial charge on any atom is -0.457 e. The highest BCUT2D eigenvalue weighted by molar-refractivity contribution is 7.91. The minimum absolute atomic E-state index is 0.120. The van der Waals surface area contributed by atoms with E-state index in [0.717, 1.165) is 24.5 Å². The Labute approximate surface area is 166 Å². The van der Waals surface area contributed by atoms with Gasteiger partial charge in [-0.1, -0.05) is 30.3 Å². The maximum Gasteiger partial charge on any atom is 0.225 e. The van der Waals surface area contributed by atoms with Crippen molar-refractivity contribution in [3.8, 4) is 11.5 Å². The van der Waals surface area contributed by atoms with Crippen LogP contribution in [0.15, 0.2) is 54.6 Å². The van der Waals surface area contributed by atoms with Crippen LogP contribution in [-0.2, 0) is 14.6 Å². The Morgan fingerprint density at radius 3 is 2.39 bits per heavy atom. The van der Waals surface area contributed by atoms with Gasteiger partial charge in [-0.2, -0.15) is 0 Å². The summed E-state index contributed by atoms with van der Waals surface area (Å²) in [6.07, 6.45) is 1.84. The topological polar surface area (TPSA) is 63.7 Å². The summed E-state index contributed by atoms with van der Waals surface area (Å²) in [5, 5.41) is 0. The zero-order valence-electron chi connectivity index (χ0n) is 15.8. The van der Waals surface area contributed by atoms with Crippen molar-refractivity contribution < 1.29 is 17.9 Å². The van der Waals surface area contributed by atoms with Gasteiger partial charge in [0.05, 0.1) is 11.5 Å². The Bertz CT molecular complexity index is 928. The smallest absolute Gasteiger partial charge is 0.225 e. The fourth-order valence-corrected chi connectivity index (χ4v) is 5.58. The number of benzene rings is 2. The van der Waals surface area contributed by atoms with Crippen LogP contribution in [0.4, 0.5) is 0 Å². The molecule has 0 N–H and O–H groups in total. The van der Waals surface area contributed by atoms with E-state index >= 15 is 0 Å². The molecule has 0 spiro atoms. The zero-order chi connectivity index (χ0) is 19.6. The quantitative estimate of drug-likeness (QED) is 0.788. The van der Waals surface area contributed by atoms with E-state index in [2.05, 4.69) is 12.1 Å². The van der Waals surface area contributed by atoms with Crippen LogP contribution in [0.2, 0.25) is 0 Å². The molecular weight excluding hydrogens is 374 g/mol. The van der Waals surface area contributed by atoms with Crippen molar-refractivity contribution >= 4 is 15.7 Å². The Morgan fingerprint density at radius 1 is 0.929 bits per heavy atom. The normalized spacial score (nSPS) is 22.1. The van der Waals surface area contributed by atoms with E-state index in [0.29, 0.717) is 19.4 Å². The first-order valence-electron chi connectivity index (χ1n) is 9.82. The Balaban J connectivity index is 1.39. The van der Waals surface area contributed by atoms with Gasteiger partial charge in [0.25, 0.3) is 0 Å². The standard InChI is InChI=1S/C22H25NO4S/c24-22(17-10-13-28(25,26)14-11-17)23-12-9-19(16-23)18-5-4-8-21(15-18)27-20-6-2-1-3-7-20/h1-8,15,17,19H,9-14,16H2. The molecule has 2 aromatic carbocycles. The van der Waals surface area contributed by atoms with Crippen molar-refractivity contribution in [2.45, 2.75) is 25.2 Å². The van der Waals surface area contributed by atoms with E-state index in [1.165, 1.54) is 5.56 Å². The van der Waals surface area contributed by atoms with Gasteiger partial charge >= 0.3 is 0 Å². The number of para-hydroxylation sites is 1. The van der Waals surface area contributed by atoms with Crippen LogP contribution >= 0.6 is 0 Å². The molecule has 28 heavy (non-hydrogen) atoms. The van der Waals surface area contributed by atoms with Crippen LogP contribution < -0.4 is 4.74 Å². The third kappa shape index (κ3) is 4.38. The summed E-state index contributed by atoms with van der Waals surface area (Å²) in [5.41, 5.74) is 1.18. The van der Waals surface area contributed by atoms with Gasteiger partial charge in [-0.05, 0) is 49.1 Å². The molecule has 1 atom stereocenters. The number of amides is 1. The Kier molecular flexibility index (Phi) is 5.40. The number of carbonyl (C=O) groups excluding carboxylic acids is 1. The van der Waals surface area contributed by atoms with E-state index in [1.54, 1.807) is 0 Å². The fourth-order valence-electron chi connectivity index (χ4n) is 4.08. The van der Waals surface area contributed by atoms with Gasteiger partial charge in [0.2, 0.25) is 5.91 Å². The first-order valence-corrected chi connectivity index (χ1v) is 11.6. The van der Waals surface area contributed by atoms with Crippen molar-refractivity contribution in [1.29, 1.82) is 0 Å². The minimum atomic E-state index is -2.94. The molecule has 5 nitrogen and oxygen atoms in total. The molecule has 1 unspecified atom stereocenters. The van der Waals surface area contributed by atoms with Crippen LogP contribution in [0.3, 0.4) is 0 Å². The third-order valence-electron chi connectivity index (χ3n) is 5.71. The molecule has 2 heterocycles. The number of hydrogen-bond acceptors (Lipinski definition) is 4. The molecular formula is C22H25NO4S. The van der Waals surface area contributed by atoms with Crippen molar-refractivity contribution in [3.05, 3.63) is 60.2 Å². The van der Waals surface area contributed by atoms with Crippen LogP contribution in [0.5, 0.6) is 11.5 Å². The molecule has 148 valence electrons. The van der Waals surface area contributed by atoms with E-state index in [1.807, 2.05) is 47.4 Å². The lowest BCUT2D eigenvalue weighted by Crippen LogP contribution is -2.38. The number of likely N-dealkylation sites (tertiary alicyclic amines) is 1. The average molecular weight is 400 g/mol. The number of hydrogen-bond donors (Lipinski definition) is 0. The van der Waals surface area contributed by atoms with E-state index in [9.17, 15) is 13.2 Å². The molecule has 2 aliphatic rings. The largest absolute Gasteiger partial charge is 0.457 e. The molecule has 4 rings (SSSR count). The van der Waals surface area contributed by atoms with E-state index in [4.69, 9.17) is 4.74 Å². The van der Waals surface area contributed by atoms with Gasteiger partial charge < -0.3 is 9.64 Å². The van der Waals surface area contributed by atoms with E-state index in [-0.39, 0.29) is 29.2 Å². The van der Waals surface area contributed by atoms with Crippen LogP contribution in [0.25, 0.3) is 0 Å². The first-order chi connectivity index (χ1) is 13.5. The molecule has 0 aromatic heterocycles. The number of carbonyl (C=O) groups is 1. The second-order valence-corrected chi connectivity index (χ2v) is 9.99. The van der Waals surface area contributed by atoms with Crippen molar-refractivity contribution in [1.82, 2.24) is 4.90 Å². The number of nitrogens with zero attached hydrogens (tertiary/aromatic N) is 1. The van der Waals surface area contributed by atoms with Gasteiger partial charge in [-0.3, -0.25) is 4.79 Å².